The van der Waals surface area contributed by atoms with Crippen molar-refractivity contribution in [3.8, 4) is 0 Å². The molecule has 0 spiro atoms. The molecule has 18 heavy (non-hydrogen) atoms. The molecule has 0 N–H and O–H groups in total. The fourth-order valence-corrected chi connectivity index (χ4v) is 2.92. The minimum Gasteiger partial charge on any atom is -0.323 e. The number of nitrogens with zero attached hydrogens (tertiary/aromatic N) is 2. The molecular weight excluding hydrogens is 252 g/mol. The molecule has 0 aromatic heterocycles. The third kappa shape index (κ3) is 2.11. The standard InChI is InChI=1S/C12H14N2O3S/c1-10-4-6-11(7-5-10)18(16,17)14-9-3-8-13(2)12(14)15/h3-7,9H,8H2,1-2H3. The highest BCUT2D eigenvalue weighted by atomic mass is 32.2. The van der Waals surface area contributed by atoms with Gasteiger partial charge in [-0.05, 0) is 25.1 Å². The summed E-state index contributed by atoms with van der Waals surface area (Å²) in [5.74, 6) is 0. The van der Waals surface area contributed by atoms with Gasteiger partial charge in [-0.2, -0.15) is 4.31 Å². The molecule has 5 nitrogen and oxygen atoms in total. The predicted octanol–water partition coefficient (Wildman–Crippen LogP) is 1.56. The molecule has 0 unspecified atom stereocenters. The Balaban J connectivity index is 2.43. The van der Waals surface area contributed by atoms with E-state index in [-0.39, 0.29) is 4.90 Å². The molecule has 2 rings (SSSR count). The number of urea groups is 1. The van der Waals surface area contributed by atoms with Crippen molar-refractivity contribution in [1.29, 1.82) is 0 Å². The van der Waals surface area contributed by atoms with Gasteiger partial charge in [0.15, 0.2) is 0 Å². The van der Waals surface area contributed by atoms with Crippen LogP contribution in [0.4, 0.5) is 4.79 Å². The molecule has 1 aromatic carbocycles. The summed E-state index contributed by atoms with van der Waals surface area (Å²) in [6.07, 6.45) is 2.94. The van der Waals surface area contributed by atoms with Crippen LogP contribution in [0.25, 0.3) is 0 Å². The molecule has 96 valence electrons. The second-order valence-electron chi connectivity index (χ2n) is 4.16. The maximum Gasteiger partial charge on any atom is 0.338 e. The topological polar surface area (TPSA) is 57.7 Å². The normalized spacial score (nSPS) is 16.2. The van der Waals surface area contributed by atoms with E-state index in [1.54, 1.807) is 25.3 Å². The van der Waals surface area contributed by atoms with Crippen molar-refractivity contribution in [2.75, 3.05) is 13.6 Å². The van der Waals surface area contributed by atoms with Crippen LogP contribution in [-0.4, -0.2) is 37.2 Å². The maximum atomic E-state index is 12.3. The molecule has 2 amide bonds. The van der Waals surface area contributed by atoms with Gasteiger partial charge in [0.2, 0.25) is 0 Å². The Kier molecular flexibility index (Phi) is 3.13. The molecule has 0 radical (unpaired) electrons. The zero-order chi connectivity index (χ0) is 13.3. The number of hydrogen-bond acceptors (Lipinski definition) is 3. The lowest BCUT2D eigenvalue weighted by Crippen LogP contribution is -2.44. The molecule has 0 saturated heterocycles. The Morgan fingerprint density at radius 1 is 1.17 bits per heavy atom. The molecule has 1 aromatic rings. The number of likely N-dealkylation sites (N-methyl/N-ethyl adjacent to an activating group) is 1. The van der Waals surface area contributed by atoms with Crippen LogP contribution >= 0.6 is 0 Å². The lowest BCUT2D eigenvalue weighted by Gasteiger charge is -2.27. The minimum absolute atomic E-state index is 0.112. The summed E-state index contributed by atoms with van der Waals surface area (Å²) < 4.78 is 25.3. The Labute approximate surface area is 106 Å². The number of benzene rings is 1. The number of hydrogen-bond donors (Lipinski definition) is 0. The number of aryl methyl sites for hydroxylation is 1. The lowest BCUT2D eigenvalue weighted by molar-refractivity contribution is 0.198. The maximum absolute atomic E-state index is 12.3. The number of amides is 2. The second-order valence-corrected chi connectivity index (χ2v) is 5.98. The highest BCUT2D eigenvalue weighted by molar-refractivity contribution is 7.89. The molecule has 1 aliphatic rings. The predicted molar refractivity (Wildman–Crippen MR) is 67.4 cm³/mol. The zero-order valence-corrected chi connectivity index (χ0v) is 11.0. The first-order valence-electron chi connectivity index (χ1n) is 5.46. The number of sulfonamides is 1. The van der Waals surface area contributed by atoms with Crippen LogP contribution < -0.4 is 0 Å². The van der Waals surface area contributed by atoms with Crippen LogP contribution in [0.3, 0.4) is 0 Å². The van der Waals surface area contributed by atoms with Crippen LogP contribution in [0.15, 0.2) is 41.4 Å². The van der Waals surface area contributed by atoms with Gasteiger partial charge in [0.1, 0.15) is 0 Å². The van der Waals surface area contributed by atoms with E-state index >= 15 is 0 Å². The summed E-state index contributed by atoms with van der Waals surface area (Å²) in [6.45, 7) is 2.29. The van der Waals surface area contributed by atoms with Crippen LogP contribution in [0.5, 0.6) is 0 Å². The van der Waals surface area contributed by atoms with Crippen LogP contribution in [-0.2, 0) is 10.0 Å². The number of rotatable bonds is 2. The van der Waals surface area contributed by atoms with E-state index in [4.69, 9.17) is 0 Å². The Morgan fingerprint density at radius 2 is 1.78 bits per heavy atom. The van der Waals surface area contributed by atoms with Gasteiger partial charge in [0, 0.05) is 19.8 Å². The number of carbonyl (C=O) groups excluding carboxylic acids is 1. The summed E-state index contributed by atoms with van der Waals surface area (Å²) in [4.78, 5) is 13.3. The molecule has 0 bridgehead atoms. The summed E-state index contributed by atoms with van der Waals surface area (Å²) in [7, 11) is -2.25. The van der Waals surface area contributed by atoms with Gasteiger partial charge in [0.05, 0.1) is 4.90 Å². The summed E-state index contributed by atoms with van der Waals surface area (Å²) in [6, 6.07) is 5.86. The average molecular weight is 266 g/mol. The quantitative estimate of drug-likeness (QED) is 0.816. The third-order valence-corrected chi connectivity index (χ3v) is 4.38. The van der Waals surface area contributed by atoms with E-state index in [1.807, 2.05) is 6.92 Å². The van der Waals surface area contributed by atoms with Crippen molar-refractivity contribution in [1.82, 2.24) is 9.21 Å². The minimum atomic E-state index is -3.81. The Bertz CT molecular complexity index is 590. The van der Waals surface area contributed by atoms with Crippen LogP contribution in [0.1, 0.15) is 5.56 Å². The largest absolute Gasteiger partial charge is 0.338 e. The third-order valence-electron chi connectivity index (χ3n) is 2.71. The Hall–Kier alpha value is -1.82. The van der Waals surface area contributed by atoms with Crippen LogP contribution in [0, 0.1) is 6.92 Å². The fraction of sp³-hybridized carbons (Fsp3) is 0.250. The zero-order valence-electron chi connectivity index (χ0n) is 10.2. The molecule has 6 heteroatoms. The monoisotopic (exact) mass is 266 g/mol. The molecule has 0 fully saturated rings. The van der Waals surface area contributed by atoms with Crippen molar-refractivity contribution >= 4 is 16.1 Å². The van der Waals surface area contributed by atoms with E-state index in [0.29, 0.717) is 6.54 Å². The summed E-state index contributed by atoms with van der Waals surface area (Å²) >= 11 is 0. The highest BCUT2D eigenvalue weighted by Crippen LogP contribution is 2.19. The molecule has 0 aliphatic carbocycles. The van der Waals surface area contributed by atoms with Gasteiger partial charge in [-0.1, -0.05) is 17.7 Å². The smallest absolute Gasteiger partial charge is 0.323 e. The summed E-state index contributed by atoms with van der Waals surface area (Å²) in [5, 5.41) is 0. The lowest BCUT2D eigenvalue weighted by atomic mass is 10.2. The first kappa shape index (κ1) is 12.6. The van der Waals surface area contributed by atoms with Gasteiger partial charge >= 0.3 is 6.03 Å². The second kappa shape index (κ2) is 4.45. The van der Waals surface area contributed by atoms with E-state index in [1.165, 1.54) is 23.2 Å². The van der Waals surface area contributed by atoms with Crippen molar-refractivity contribution in [3.63, 3.8) is 0 Å². The van der Waals surface area contributed by atoms with Gasteiger partial charge in [-0.3, -0.25) is 0 Å². The fourth-order valence-electron chi connectivity index (χ4n) is 1.62. The molecule has 1 aliphatic heterocycles. The number of carbonyl (C=O) groups is 1. The summed E-state index contributed by atoms with van der Waals surface area (Å²) in [5.41, 5.74) is 0.964. The first-order valence-corrected chi connectivity index (χ1v) is 6.90. The van der Waals surface area contributed by atoms with E-state index in [2.05, 4.69) is 0 Å². The first-order chi connectivity index (χ1) is 8.43. The van der Waals surface area contributed by atoms with Gasteiger partial charge in [-0.15, -0.1) is 0 Å². The molecular formula is C12H14N2O3S. The van der Waals surface area contributed by atoms with E-state index in [0.717, 1.165) is 9.87 Å². The van der Waals surface area contributed by atoms with Gasteiger partial charge < -0.3 is 4.90 Å². The molecule has 0 atom stereocenters. The molecule has 0 saturated carbocycles. The van der Waals surface area contributed by atoms with Crippen molar-refractivity contribution in [2.24, 2.45) is 0 Å². The van der Waals surface area contributed by atoms with Crippen molar-refractivity contribution in [3.05, 3.63) is 42.1 Å². The van der Waals surface area contributed by atoms with Gasteiger partial charge in [-0.25, -0.2) is 13.2 Å². The van der Waals surface area contributed by atoms with Gasteiger partial charge in [0.25, 0.3) is 10.0 Å². The van der Waals surface area contributed by atoms with Crippen molar-refractivity contribution in [2.45, 2.75) is 11.8 Å². The van der Waals surface area contributed by atoms with E-state index < -0.39 is 16.1 Å². The SMILES string of the molecule is Cc1ccc(S(=O)(=O)N2C=CCN(C)C2=O)cc1. The van der Waals surface area contributed by atoms with E-state index in [9.17, 15) is 13.2 Å². The average Bonchev–Trinajstić information content (AvgIpc) is 2.33. The van der Waals surface area contributed by atoms with Crippen LogP contribution in [0.2, 0.25) is 0 Å². The highest BCUT2D eigenvalue weighted by Gasteiger charge is 2.31. The molecule has 1 heterocycles. The Morgan fingerprint density at radius 3 is 2.39 bits per heavy atom. The van der Waals surface area contributed by atoms with Crippen molar-refractivity contribution < 1.29 is 13.2 Å².